The number of benzene rings is 1. The van der Waals surface area contributed by atoms with E-state index in [2.05, 4.69) is 25.3 Å². The van der Waals surface area contributed by atoms with E-state index < -0.39 is 87.9 Å². The number of aromatic nitrogens is 4. The van der Waals surface area contributed by atoms with E-state index in [1.54, 1.807) is 0 Å². The Labute approximate surface area is 232 Å². The van der Waals surface area contributed by atoms with Crippen LogP contribution in [0, 0.1) is 5.82 Å². The van der Waals surface area contributed by atoms with E-state index in [0.717, 1.165) is 34.6 Å². The Kier molecular flexibility index (Phi) is 7.19. The first-order valence-electron chi connectivity index (χ1n) is 12.1. The zero-order chi connectivity index (χ0) is 30.7. The normalized spacial score (nSPS) is 20.6. The van der Waals surface area contributed by atoms with Crippen LogP contribution in [0.3, 0.4) is 0 Å². The second-order valence-electron chi connectivity index (χ2n) is 9.65. The van der Waals surface area contributed by atoms with Crippen molar-refractivity contribution in [3.05, 3.63) is 65.9 Å². The van der Waals surface area contributed by atoms with Gasteiger partial charge < -0.3 is 5.32 Å². The SMILES string of the molecule is O=C(NCc1cc(-c2cnc(C(F)(F)F)nc2)nc(C(F)(F)F)n1)[C@@H]1C[C@@H](F)C2(CC2)N1S(=O)(=O)c1ccc(F)cc1. The van der Waals surface area contributed by atoms with E-state index in [-0.39, 0.29) is 23.3 Å². The molecule has 0 radical (unpaired) electrons. The highest BCUT2D eigenvalue weighted by Crippen LogP contribution is 2.55. The minimum Gasteiger partial charge on any atom is -0.349 e. The molecule has 3 heterocycles. The molecule has 18 heteroatoms. The fraction of sp³-hybridized carbons (Fsp3) is 0.375. The van der Waals surface area contributed by atoms with Crippen molar-refractivity contribution in [2.24, 2.45) is 0 Å². The van der Waals surface area contributed by atoms with E-state index in [0.29, 0.717) is 12.4 Å². The smallest absolute Gasteiger partial charge is 0.349 e. The van der Waals surface area contributed by atoms with Crippen molar-refractivity contribution < 1.29 is 48.3 Å². The van der Waals surface area contributed by atoms with Crippen molar-refractivity contribution in [3.63, 3.8) is 0 Å². The molecule has 0 unspecified atom stereocenters. The molecule has 9 nitrogen and oxygen atoms in total. The van der Waals surface area contributed by atoms with Crippen molar-refractivity contribution in [2.45, 2.75) is 60.8 Å². The van der Waals surface area contributed by atoms with Gasteiger partial charge in [-0.05, 0) is 43.2 Å². The number of alkyl halides is 7. The highest BCUT2D eigenvalue weighted by Gasteiger charge is 2.67. The Morgan fingerprint density at radius 3 is 2.12 bits per heavy atom. The van der Waals surface area contributed by atoms with Gasteiger partial charge in [0.15, 0.2) is 0 Å². The number of hydrogen-bond acceptors (Lipinski definition) is 7. The lowest BCUT2D eigenvalue weighted by Gasteiger charge is -2.29. The van der Waals surface area contributed by atoms with Gasteiger partial charge >= 0.3 is 12.4 Å². The van der Waals surface area contributed by atoms with E-state index in [4.69, 9.17) is 0 Å². The third-order valence-electron chi connectivity index (χ3n) is 6.85. The first kappa shape index (κ1) is 29.7. The fourth-order valence-electron chi connectivity index (χ4n) is 4.73. The van der Waals surface area contributed by atoms with Crippen LogP contribution < -0.4 is 5.32 Å². The zero-order valence-corrected chi connectivity index (χ0v) is 21.7. The number of sulfonamides is 1. The Morgan fingerprint density at radius 2 is 1.57 bits per heavy atom. The molecule has 1 saturated carbocycles. The molecule has 2 atom stereocenters. The fourth-order valence-corrected chi connectivity index (χ4v) is 6.73. The number of carbonyl (C=O) groups is 1. The van der Waals surface area contributed by atoms with Crippen molar-refractivity contribution in [1.29, 1.82) is 0 Å². The van der Waals surface area contributed by atoms with Gasteiger partial charge in [-0.3, -0.25) is 4.79 Å². The van der Waals surface area contributed by atoms with Gasteiger partial charge in [-0.1, -0.05) is 0 Å². The number of nitrogens with zero attached hydrogens (tertiary/aromatic N) is 5. The molecule has 3 aromatic rings. The molecule has 1 N–H and O–H groups in total. The van der Waals surface area contributed by atoms with Gasteiger partial charge in [0.05, 0.1) is 28.4 Å². The van der Waals surface area contributed by atoms with Crippen molar-refractivity contribution >= 4 is 15.9 Å². The molecule has 1 saturated heterocycles. The second-order valence-corrected chi connectivity index (χ2v) is 11.5. The average Bonchev–Trinajstić information content (AvgIpc) is 3.65. The minimum atomic E-state index is -5.09. The van der Waals surface area contributed by atoms with E-state index >= 15 is 4.39 Å². The quantitative estimate of drug-likeness (QED) is 0.412. The number of amides is 1. The highest BCUT2D eigenvalue weighted by molar-refractivity contribution is 7.89. The van der Waals surface area contributed by atoms with Gasteiger partial charge in [-0.2, -0.15) is 30.6 Å². The Bertz CT molecular complexity index is 1610. The topological polar surface area (TPSA) is 118 Å². The summed E-state index contributed by atoms with van der Waals surface area (Å²) in [6, 6.07) is 3.07. The number of nitrogens with one attached hydrogen (secondary N) is 1. The molecule has 1 aliphatic heterocycles. The first-order chi connectivity index (χ1) is 19.5. The summed E-state index contributed by atoms with van der Waals surface area (Å²) >= 11 is 0. The molecule has 1 aliphatic carbocycles. The molecule has 2 aliphatic rings. The summed E-state index contributed by atoms with van der Waals surface area (Å²) in [6.07, 6.45) is -10.7. The van der Waals surface area contributed by atoms with Crippen LogP contribution in [-0.4, -0.2) is 56.3 Å². The van der Waals surface area contributed by atoms with Gasteiger partial charge in [-0.25, -0.2) is 37.1 Å². The Balaban J connectivity index is 1.41. The Morgan fingerprint density at radius 1 is 0.976 bits per heavy atom. The van der Waals surface area contributed by atoms with Gasteiger partial charge in [0.1, 0.15) is 18.0 Å². The molecule has 5 rings (SSSR count). The summed E-state index contributed by atoms with van der Waals surface area (Å²) in [5.74, 6) is -4.95. The van der Waals surface area contributed by atoms with Crippen LogP contribution >= 0.6 is 0 Å². The van der Waals surface area contributed by atoms with Gasteiger partial charge in [0, 0.05) is 24.4 Å². The average molecular weight is 622 g/mol. The predicted molar refractivity (Wildman–Crippen MR) is 126 cm³/mol. The predicted octanol–water partition coefficient (Wildman–Crippen LogP) is 4.06. The maximum absolute atomic E-state index is 15.1. The largest absolute Gasteiger partial charge is 0.451 e. The molecule has 1 spiro atoms. The van der Waals surface area contributed by atoms with Crippen LogP contribution in [0.15, 0.2) is 47.6 Å². The number of carbonyl (C=O) groups excluding carboxylic acids is 1. The van der Waals surface area contributed by atoms with Crippen LogP contribution in [0.1, 0.15) is 36.6 Å². The number of halogens is 8. The molecule has 2 aromatic heterocycles. The van der Waals surface area contributed by atoms with Crippen molar-refractivity contribution in [2.75, 3.05) is 0 Å². The van der Waals surface area contributed by atoms with Gasteiger partial charge in [0.2, 0.25) is 27.6 Å². The van der Waals surface area contributed by atoms with Crippen LogP contribution in [0.2, 0.25) is 0 Å². The molecule has 42 heavy (non-hydrogen) atoms. The molecular weight excluding hydrogens is 604 g/mol. The summed E-state index contributed by atoms with van der Waals surface area (Å²) in [4.78, 5) is 25.6. The summed E-state index contributed by atoms with van der Waals surface area (Å²) in [7, 11) is -4.50. The standard InChI is InChI=1S/C24H18F8N6O3S/c25-13-1-3-15(4-2-13)42(40,41)38-17(8-18(26)22(38)5-6-22)19(39)33-11-14-7-16(37-21(36-14)24(30,31)32)12-9-34-20(35-10-12)23(27,28)29/h1-4,7,9-10,17-18H,5-6,8,11H2,(H,33,39)/t17-,18+/m0/s1. The first-order valence-corrected chi connectivity index (χ1v) is 13.5. The minimum absolute atomic E-state index is 0.123. The van der Waals surface area contributed by atoms with E-state index in [1.807, 2.05) is 0 Å². The third kappa shape index (κ3) is 5.51. The van der Waals surface area contributed by atoms with Crippen LogP contribution in [0.4, 0.5) is 35.1 Å². The molecule has 1 aromatic carbocycles. The van der Waals surface area contributed by atoms with E-state index in [9.17, 15) is 43.9 Å². The summed E-state index contributed by atoms with van der Waals surface area (Å²) in [6.45, 7) is -0.705. The van der Waals surface area contributed by atoms with Gasteiger partial charge in [0.25, 0.3) is 0 Å². The summed E-state index contributed by atoms with van der Waals surface area (Å²) < 4.78 is 135. The molecular formula is C24H18F8N6O3S. The second kappa shape index (κ2) is 10.2. The highest BCUT2D eigenvalue weighted by atomic mass is 32.2. The van der Waals surface area contributed by atoms with Crippen LogP contribution in [0.25, 0.3) is 11.3 Å². The molecule has 224 valence electrons. The third-order valence-corrected chi connectivity index (χ3v) is 8.85. The Hall–Kier alpha value is -3.80. The van der Waals surface area contributed by atoms with Crippen LogP contribution in [0.5, 0.6) is 0 Å². The number of rotatable bonds is 6. The van der Waals surface area contributed by atoms with Crippen molar-refractivity contribution in [1.82, 2.24) is 29.6 Å². The number of hydrogen-bond donors (Lipinski definition) is 1. The maximum atomic E-state index is 15.1. The van der Waals surface area contributed by atoms with Crippen molar-refractivity contribution in [3.8, 4) is 11.3 Å². The molecule has 0 bridgehead atoms. The lowest BCUT2D eigenvalue weighted by molar-refractivity contribution is -0.145. The zero-order valence-electron chi connectivity index (χ0n) is 20.9. The van der Waals surface area contributed by atoms with E-state index in [1.165, 1.54) is 0 Å². The monoisotopic (exact) mass is 622 g/mol. The summed E-state index contributed by atoms with van der Waals surface area (Å²) in [5.41, 5.74) is -2.74. The lowest BCUT2D eigenvalue weighted by atomic mass is 10.1. The van der Waals surface area contributed by atoms with Crippen LogP contribution in [-0.2, 0) is 33.7 Å². The summed E-state index contributed by atoms with van der Waals surface area (Å²) in [5, 5.41) is 2.27. The lowest BCUT2D eigenvalue weighted by Crippen LogP contribution is -2.50. The van der Waals surface area contributed by atoms with Gasteiger partial charge in [-0.15, -0.1) is 0 Å². The molecule has 1 amide bonds. The maximum Gasteiger partial charge on any atom is 0.451 e. The molecule has 2 fully saturated rings.